The highest BCUT2D eigenvalue weighted by molar-refractivity contribution is 5.68. The Kier molecular flexibility index (Phi) is 4.99. The molecule has 0 unspecified atom stereocenters. The summed E-state index contributed by atoms with van der Waals surface area (Å²) in [5, 5.41) is 3.46. The van der Waals surface area contributed by atoms with Crippen LogP contribution in [-0.2, 0) is 6.54 Å². The topological polar surface area (TPSA) is 21.3 Å². The summed E-state index contributed by atoms with van der Waals surface area (Å²) in [6.45, 7) is 4.13. The van der Waals surface area contributed by atoms with Crippen LogP contribution in [0.5, 0.6) is 5.75 Å². The fraction of sp³-hybridized carbons (Fsp3) is 0.294. The molecular weight excluding hydrogens is 234 g/mol. The van der Waals surface area contributed by atoms with E-state index in [1.54, 1.807) is 7.11 Å². The Hall–Kier alpha value is -1.80. The van der Waals surface area contributed by atoms with Gasteiger partial charge in [-0.3, -0.25) is 0 Å². The van der Waals surface area contributed by atoms with Gasteiger partial charge in [-0.15, -0.1) is 0 Å². The minimum atomic E-state index is 0.897. The van der Waals surface area contributed by atoms with Crippen molar-refractivity contribution in [3.8, 4) is 16.9 Å². The van der Waals surface area contributed by atoms with Crippen LogP contribution < -0.4 is 10.1 Å². The van der Waals surface area contributed by atoms with Gasteiger partial charge in [0.05, 0.1) is 7.11 Å². The summed E-state index contributed by atoms with van der Waals surface area (Å²) in [6, 6.07) is 16.7. The van der Waals surface area contributed by atoms with Gasteiger partial charge >= 0.3 is 0 Å². The van der Waals surface area contributed by atoms with E-state index in [0.29, 0.717) is 0 Å². The molecule has 0 aliphatic heterocycles. The van der Waals surface area contributed by atoms with E-state index in [2.05, 4.69) is 48.6 Å². The smallest absolute Gasteiger partial charge is 0.119 e. The van der Waals surface area contributed by atoms with Crippen molar-refractivity contribution in [3.05, 3.63) is 54.1 Å². The molecule has 0 heterocycles. The first-order valence-electron chi connectivity index (χ1n) is 6.78. The Morgan fingerprint density at radius 2 is 1.89 bits per heavy atom. The van der Waals surface area contributed by atoms with E-state index in [9.17, 15) is 0 Å². The molecule has 2 aromatic carbocycles. The molecule has 0 saturated carbocycles. The molecule has 0 amide bonds. The zero-order valence-electron chi connectivity index (χ0n) is 11.6. The third-order valence-corrected chi connectivity index (χ3v) is 3.14. The summed E-state index contributed by atoms with van der Waals surface area (Å²) in [5.74, 6) is 0.897. The molecule has 0 aromatic heterocycles. The van der Waals surface area contributed by atoms with Gasteiger partial charge in [-0.2, -0.15) is 0 Å². The summed E-state index contributed by atoms with van der Waals surface area (Å²) in [6.07, 6.45) is 1.15. The number of methoxy groups -OCH3 is 1. The number of hydrogen-bond acceptors (Lipinski definition) is 2. The first-order chi connectivity index (χ1) is 9.35. The van der Waals surface area contributed by atoms with Crippen molar-refractivity contribution >= 4 is 0 Å². The maximum absolute atomic E-state index is 5.30. The number of nitrogens with one attached hydrogen (secondary N) is 1. The summed E-state index contributed by atoms with van der Waals surface area (Å²) < 4.78 is 5.30. The molecule has 1 N–H and O–H groups in total. The van der Waals surface area contributed by atoms with Gasteiger partial charge in [0.25, 0.3) is 0 Å². The van der Waals surface area contributed by atoms with E-state index >= 15 is 0 Å². The maximum atomic E-state index is 5.30. The van der Waals surface area contributed by atoms with Crippen LogP contribution in [-0.4, -0.2) is 13.7 Å². The van der Waals surface area contributed by atoms with Gasteiger partial charge in [0.1, 0.15) is 5.75 Å². The van der Waals surface area contributed by atoms with Crippen molar-refractivity contribution < 1.29 is 4.74 Å². The lowest BCUT2D eigenvalue weighted by atomic mass is 9.99. The zero-order chi connectivity index (χ0) is 13.5. The van der Waals surface area contributed by atoms with Crippen molar-refractivity contribution in [2.45, 2.75) is 19.9 Å². The molecule has 100 valence electrons. The lowest BCUT2D eigenvalue weighted by Crippen LogP contribution is -2.14. The molecule has 0 aliphatic rings. The molecule has 0 spiro atoms. The first-order valence-corrected chi connectivity index (χ1v) is 6.78. The van der Waals surface area contributed by atoms with E-state index in [1.165, 1.54) is 16.7 Å². The fourth-order valence-electron chi connectivity index (χ4n) is 2.15. The van der Waals surface area contributed by atoms with Gasteiger partial charge < -0.3 is 10.1 Å². The highest BCUT2D eigenvalue weighted by Crippen LogP contribution is 2.26. The number of hydrogen-bond donors (Lipinski definition) is 1. The van der Waals surface area contributed by atoms with Crippen LogP contribution in [0.1, 0.15) is 18.9 Å². The van der Waals surface area contributed by atoms with Crippen LogP contribution in [0.2, 0.25) is 0 Å². The SMILES string of the molecule is CCCNCc1ccccc1-c1cccc(OC)c1. The molecule has 0 bridgehead atoms. The Bertz CT molecular complexity index is 522. The second-order valence-electron chi connectivity index (χ2n) is 4.57. The van der Waals surface area contributed by atoms with Gasteiger partial charge in [0.2, 0.25) is 0 Å². The lowest BCUT2D eigenvalue weighted by Gasteiger charge is -2.11. The Balaban J connectivity index is 2.27. The van der Waals surface area contributed by atoms with Gasteiger partial charge in [0.15, 0.2) is 0 Å². The van der Waals surface area contributed by atoms with Crippen LogP contribution in [0.4, 0.5) is 0 Å². The minimum absolute atomic E-state index is 0.897. The van der Waals surface area contributed by atoms with Crippen LogP contribution in [0, 0.1) is 0 Å². The average molecular weight is 255 g/mol. The van der Waals surface area contributed by atoms with E-state index in [1.807, 2.05) is 12.1 Å². The van der Waals surface area contributed by atoms with Crippen LogP contribution in [0.15, 0.2) is 48.5 Å². The Labute approximate surface area is 115 Å². The predicted molar refractivity (Wildman–Crippen MR) is 80.4 cm³/mol. The lowest BCUT2D eigenvalue weighted by molar-refractivity contribution is 0.415. The van der Waals surface area contributed by atoms with Crippen LogP contribution in [0.3, 0.4) is 0 Å². The zero-order valence-corrected chi connectivity index (χ0v) is 11.6. The molecule has 0 saturated heterocycles. The molecule has 0 atom stereocenters. The van der Waals surface area contributed by atoms with E-state index < -0.39 is 0 Å². The van der Waals surface area contributed by atoms with E-state index in [4.69, 9.17) is 4.74 Å². The van der Waals surface area contributed by atoms with Gasteiger partial charge in [-0.25, -0.2) is 0 Å². The van der Waals surface area contributed by atoms with Gasteiger partial charge in [-0.1, -0.05) is 43.3 Å². The fourth-order valence-corrected chi connectivity index (χ4v) is 2.15. The molecule has 19 heavy (non-hydrogen) atoms. The normalized spacial score (nSPS) is 10.4. The highest BCUT2D eigenvalue weighted by Gasteiger charge is 2.05. The Morgan fingerprint density at radius 3 is 2.68 bits per heavy atom. The standard InChI is InChI=1S/C17H21NO/c1-3-11-18-13-15-7-4-5-10-17(15)14-8-6-9-16(12-14)19-2/h4-10,12,18H,3,11,13H2,1-2H3. The average Bonchev–Trinajstić information content (AvgIpc) is 2.48. The van der Waals surface area contributed by atoms with Crippen LogP contribution >= 0.6 is 0 Å². The van der Waals surface area contributed by atoms with Crippen molar-refractivity contribution in [1.82, 2.24) is 5.32 Å². The molecule has 0 aliphatic carbocycles. The largest absolute Gasteiger partial charge is 0.497 e. The van der Waals surface area contributed by atoms with Gasteiger partial charge in [0, 0.05) is 6.54 Å². The first kappa shape index (κ1) is 13.6. The number of benzene rings is 2. The van der Waals surface area contributed by atoms with Crippen molar-refractivity contribution in [2.75, 3.05) is 13.7 Å². The second-order valence-corrected chi connectivity index (χ2v) is 4.57. The molecular formula is C17H21NO. The summed E-state index contributed by atoms with van der Waals surface area (Å²) >= 11 is 0. The molecule has 2 nitrogen and oxygen atoms in total. The molecule has 2 aromatic rings. The third kappa shape index (κ3) is 3.58. The van der Waals surface area contributed by atoms with Crippen LogP contribution in [0.25, 0.3) is 11.1 Å². The minimum Gasteiger partial charge on any atom is -0.497 e. The summed E-state index contributed by atoms with van der Waals surface area (Å²) in [4.78, 5) is 0. The highest BCUT2D eigenvalue weighted by atomic mass is 16.5. The number of rotatable bonds is 6. The van der Waals surface area contributed by atoms with Gasteiger partial charge in [-0.05, 0) is 41.8 Å². The molecule has 0 radical (unpaired) electrons. The van der Waals surface area contributed by atoms with E-state index in [0.717, 1.165) is 25.3 Å². The van der Waals surface area contributed by atoms with E-state index in [-0.39, 0.29) is 0 Å². The van der Waals surface area contributed by atoms with Crippen molar-refractivity contribution in [3.63, 3.8) is 0 Å². The molecule has 2 heteroatoms. The van der Waals surface area contributed by atoms with Crippen molar-refractivity contribution in [2.24, 2.45) is 0 Å². The molecule has 2 rings (SSSR count). The summed E-state index contributed by atoms with van der Waals surface area (Å²) in [5.41, 5.74) is 3.79. The quantitative estimate of drug-likeness (QED) is 0.791. The number of ether oxygens (including phenoxy) is 1. The predicted octanol–water partition coefficient (Wildman–Crippen LogP) is 3.86. The molecule has 0 fully saturated rings. The monoisotopic (exact) mass is 255 g/mol. The summed E-state index contributed by atoms with van der Waals surface area (Å²) in [7, 11) is 1.70. The third-order valence-electron chi connectivity index (χ3n) is 3.14. The second kappa shape index (κ2) is 6.95. The van der Waals surface area contributed by atoms with Crippen molar-refractivity contribution in [1.29, 1.82) is 0 Å². The Morgan fingerprint density at radius 1 is 1.05 bits per heavy atom. The maximum Gasteiger partial charge on any atom is 0.119 e.